The Morgan fingerprint density at radius 3 is 2.42 bits per heavy atom. The van der Waals surface area contributed by atoms with Crippen LogP contribution in [0.3, 0.4) is 0 Å². The van der Waals surface area contributed by atoms with Gasteiger partial charge in [-0.15, -0.1) is 0 Å². The Morgan fingerprint density at radius 2 is 1.73 bits per heavy atom. The summed E-state index contributed by atoms with van der Waals surface area (Å²) < 4.78 is 2.06. The molecule has 0 aliphatic heterocycles. The largest absolute Gasteiger partial charge is 0.356 e. The molecule has 5 nitrogen and oxygen atoms in total. The second kappa shape index (κ2) is 9.42. The zero-order valence-corrected chi connectivity index (χ0v) is 15.1. The Balaban J connectivity index is 1.43. The quantitative estimate of drug-likeness (QED) is 0.510. The molecule has 0 amide bonds. The number of nitrogens with one attached hydrogen (secondary N) is 2. The fourth-order valence-corrected chi connectivity index (χ4v) is 2.73. The van der Waals surface area contributed by atoms with E-state index in [1.165, 1.54) is 16.7 Å². The Labute approximate surface area is 154 Å². The van der Waals surface area contributed by atoms with E-state index in [0.29, 0.717) is 0 Å². The molecule has 3 aromatic rings. The van der Waals surface area contributed by atoms with Crippen molar-refractivity contribution in [2.45, 2.75) is 19.5 Å². The van der Waals surface area contributed by atoms with Crippen molar-refractivity contribution in [3.63, 3.8) is 0 Å². The van der Waals surface area contributed by atoms with Crippen LogP contribution < -0.4 is 10.6 Å². The number of nitrogens with zero attached hydrogens (tertiary/aromatic N) is 3. The van der Waals surface area contributed by atoms with E-state index >= 15 is 0 Å². The molecule has 0 radical (unpaired) electrons. The lowest BCUT2D eigenvalue weighted by Gasteiger charge is -2.12. The maximum atomic E-state index is 4.29. The van der Waals surface area contributed by atoms with Crippen LogP contribution in [0.15, 0.2) is 78.3 Å². The molecule has 3 rings (SSSR count). The van der Waals surface area contributed by atoms with Gasteiger partial charge in [-0.1, -0.05) is 54.6 Å². The van der Waals surface area contributed by atoms with Crippen LogP contribution in [0.1, 0.15) is 16.7 Å². The Morgan fingerprint density at radius 1 is 0.962 bits per heavy atom. The van der Waals surface area contributed by atoms with Crippen LogP contribution in [0.2, 0.25) is 0 Å². The summed E-state index contributed by atoms with van der Waals surface area (Å²) in [5, 5.41) is 6.72. The van der Waals surface area contributed by atoms with E-state index < -0.39 is 0 Å². The summed E-state index contributed by atoms with van der Waals surface area (Å²) >= 11 is 0. The van der Waals surface area contributed by atoms with Gasteiger partial charge >= 0.3 is 0 Å². The third kappa shape index (κ3) is 5.48. The maximum absolute atomic E-state index is 4.29. The van der Waals surface area contributed by atoms with Crippen LogP contribution in [0.25, 0.3) is 0 Å². The predicted molar refractivity (Wildman–Crippen MR) is 106 cm³/mol. The van der Waals surface area contributed by atoms with Gasteiger partial charge < -0.3 is 15.2 Å². The summed E-state index contributed by atoms with van der Waals surface area (Å²) in [6.07, 6.45) is 6.58. The van der Waals surface area contributed by atoms with Gasteiger partial charge in [0.1, 0.15) is 0 Å². The third-order valence-electron chi connectivity index (χ3n) is 4.18. The first-order valence-corrected chi connectivity index (χ1v) is 8.85. The molecule has 2 aromatic carbocycles. The van der Waals surface area contributed by atoms with E-state index in [1.54, 1.807) is 13.2 Å². The van der Waals surface area contributed by atoms with Crippen LogP contribution in [0.4, 0.5) is 0 Å². The highest BCUT2D eigenvalue weighted by molar-refractivity contribution is 5.79. The fraction of sp³-hybridized carbons (Fsp3) is 0.238. The van der Waals surface area contributed by atoms with Crippen LogP contribution in [-0.2, 0) is 19.5 Å². The van der Waals surface area contributed by atoms with Gasteiger partial charge in [-0.05, 0) is 23.1 Å². The van der Waals surface area contributed by atoms with E-state index in [-0.39, 0.29) is 0 Å². The average Bonchev–Trinajstić information content (AvgIpc) is 3.19. The number of aliphatic imine (C=N–C) groups is 1. The lowest BCUT2D eigenvalue weighted by Crippen LogP contribution is -2.37. The molecule has 0 saturated heterocycles. The number of guanidine groups is 1. The summed E-state index contributed by atoms with van der Waals surface area (Å²) in [5.41, 5.74) is 3.81. The number of aromatic nitrogens is 2. The van der Waals surface area contributed by atoms with Gasteiger partial charge in [0.05, 0.1) is 6.33 Å². The number of imidazole rings is 1. The van der Waals surface area contributed by atoms with Gasteiger partial charge in [0.15, 0.2) is 5.96 Å². The summed E-state index contributed by atoms with van der Waals surface area (Å²) in [7, 11) is 1.80. The van der Waals surface area contributed by atoms with Crippen LogP contribution >= 0.6 is 0 Å². The normalized spacial score (nSPS) is 11.3. The number of rotatable bonds is 7. The molecule has 0 saturated carbocycles. The van der Waals surface area contributed by atoms with Gasteiger partial charge in [0, 0.05) is 39.1 Å². The number of benzene rings is 2. The van der Waals surface area contributed by atoms with Crippen molar-refractivity contribution in [3.05, 3.63) is 90.0 Å². The molecule has 1 heterocycles. The molecule has 0 spiro atoms. The SMILES string of the molecule is CN=C(NCCc1ccccc1)NCc1ccc(Cn2ccnc2)cc1. The van der Waals surface area contributed by atoms with Gasteiger partial charge in [-0.2, -0.15) is 0 Å². The zero-order chi connectivity index (χ0) is 18.0. The van der Waals surface area contributed by atoms with Gasteiger partial charge in [0.25, 0.3) is 0 Å². The molecule has 0 aliphatic carbocycles. The van der Waals surface area contributed by atoms with Crippen molar-refractivity contribution in [1.82, 2.24) is 20.2 Å². The van der Waals surface area contributed by atoms with Crippen LogP contribution in [-0.4, -0.2) is 29.1 Å². The Bertz CT molecular complexity index is 792. The van der Waals surface area contributed by atoms with E-state index in [9.17, 15) is 0 Å². The zero-order valence-electron chi connectivity index (χ0n) is 15.1. The molecule has 5 heteroatoms. The monoisotopic (exact) mass is 347 g/mol. The Kier molecular flexibility index (Phi) is 6.42. The highest BCUT2D eigenvalue weighted by Crippen LogP contribution is 2.06. The molecule has 134 valence electrons. The minimum atomic E-state index is 0.746. The van der Waals surface area contributed by atoms with Crippen LogP contribution in [0.5, 0.6) is 0 Å². The lowest BCUT2D eigenvalue weighted by atomic mass is 10.1. The summed E-state index contributed by atoms with van der Waals surface area (Å²) in [6.45, 7) is 2.44. The number of hydrogen-bond donors (Lipinski definition) is 2. The molecular weight excluding hydrogens is 322 g/mol. The van der Waals surface area contributed by atoms with Crippen molar-refractivity contribution in [1.29, 1.82) is 0 Å². The van der Waals surface area contributed by atoms with E-state index in [0.717, 1.165) is 32.0 Å². The molecule has 0 bridgehead atoms. The molecular formula is C21H25N5. The van der Waals surface area contributed by atoms with Crippen molar-refractivity contribution in [2.24, 2.45) is 4.99 Å². The molecule has 2 N–H and O–H groups in total. The van der Waals surface area contributed by atoms with E-state index in [2.05, 4.69) is 73.7 Å². The maximum Gasteiger partial charge on any atom is 0.191 e. The minimum absolute atomic E-state index is 0.746. The van der Waals surface area contributed by atoms with Crippen molar-refractivity contribution < 1.29 is 0 Å². The smallest absolute Gasteiger partial charge is 0.191 e. The van der Waals surface area contributed by atoms with Gasteiger partial charge in [0.2, 0.25) is 0 Å². The Hall–Kier alpha value is -3.08. The fourth-order valence-electron chi connectivity index (χ4n) is 2.73. The predicted octanol–water partition coefficient (Wildman–Crippen LogP) is 2.84. The van der Waals surface area contributed by atoms with Gasteiger partial charge in [-0.3, -0.25) is 4.99 Å². The first-order valence-electron chi connectivity index (χ1n) is 8.85. The number of hydrogen-bond acceptors (Lipinski definition) is 2. The lowest BCUT2D eigenvalue weighted by molar-refractivity contribution is 0.788. The van der Waals surface area contributed by atoms with Crippen LogP contribution in [0, 0.1) is 0 Å². The van der Waals surface area contributed by atoms with Crippen molar-refractivity contribution in [2.75, 3.05) is 13.6 Å². The standard InChI is InChI=1S/C21H25N5/c1-22-21(24-12-11-18-5-3-2-4-6-18)25-15-19-7-9-20(10-8-19)16-26-14-13-23-17-26/h2-10,13-14,17H,11-12,15-16H2,1H3,(H2,22,24,25). The average molecular weight is 347 g/mol. The molecule has 0 aliphatic rings. The third-order valence-corrected chi connectivity index (χ3v) is 4.18. The highest BCUT2D eigenvalue weighted by atomic mass is 15.2. The second-order valence-electron chi connectivity index (χ2n) is 6.14. The summed E-state index contributed by atoms with van der Waals surface area (Å²) in [4.78, 5) is 8.36. The first-order chi connectivity index (χ1) is 12.8. The second-order valence-corrected chi connectivity index (χ2v) is 6.14. The summed E-state index contributed by atoms with van der Waals surface area (Å²) in [5.74, 6) is 0.823. The topological polar surface area (TPSA) is 54.2 Å². The van der Waals surface area contributed by atoms with Gasteiger partial charge in [-0.25, -0.2) is 4.98 Å². The molecule has 26 heavy (non-hydrogen) atoms. The van der Waals surface area contributed by atoms with E-state index in [4.69, 9.17) is 0 Å². The summed E-state index contributed by atoms with van der Waals surface area (Å²) in [6, 6.07) is 19.1. The molecule has 0 fully saturated rings. The minimum Gasteiger partial charge on any atom is -0.356 e. The van der Waals surface area contributed by atoms with Crippen molar-refractivity contribution >= 4 is 5.96 Å². The van der Waals surface area contributed by atoms with E-state index in [1.807, 2.05) is 18.6 Å². The molecule has 0 atom stereocenters. The first kappa shape index (κ1) is 17.7. The van der Waals surface area contributed by atoms with Crippen molar-refractivity contribution in [3.8, 4) is 0 Å². The highest BCUT2D eigenvalue weighted by Gasteiger charge is 2.00. The molecule has 0 unspecified atom stereocenters. The molecule has 1 aromatic heterocycles.